The molecule has 0 bridgehead atoms. The summed E-state index contributed by atoms with van der Waals surface area (Å²) in [5.74, 6) is 0.454. The number of carbonyl (C=O) groups is 2. The molecule has 0 radical (unpaired) electrons. The van der Waals surface area contributed by atoms with Crippen LogP contribution in [0.15, 0.2) is 12.4 Å². The first-order chi connectivity index (χ1) is 10.1. The Morgan fingerprint density at radius 2 is 2.19 bits per heavy atom. The Hall–Kier alpha value is -1.69. The maximum Gasteiger partial charge on any atom is 0.225 e. The van der Waals surface area contributed by atoms with Crippen LogP contribution in [0.4, 0.5) is 0 Å². The number of halogens is 1. The molecular weight excluding hydrogens is 292 g/mol. The molecule has 1 aromatic rings. The number of amides is 2. The first kappa shape index (κ1) is 15.7. The van der Waals surface area contributed by atoms with E-state index in [0.29, 0.717) is 36.8 Å². The van der Waals surface area contributed by atoms with Gasteiger partial charge >= 0.3 is 0 Å². The molecule has 1 aliphatic heterocycles. The van der Waals surface area contributed by atoms with Crippen LogP contribution in [0.25, 0.3) is 0 Å². The summed E-state index contributed by atoms with van der Waals surface area (Å²) >= 11 is 5.71. The van der Waals surface area contributed by atoms with Gasteiger partial charge in [0.05, 0.1) is 17.5 Å². The average Bonchev–Trinajstić information content (AvgIpc) is 2.49. The van der Waals surface area contributed by atoms with Crippen molar-refractivity contribution in [3.05, 3.63) is 23.2 Å². The molecular formula is C14H19ClN4O2. The fourth-order valence-electron chi connectivity index (χ4n) is 2.36. The summed E-state index contributed by atoms with van der Waals surface area (Å²) in [5, 5.41) is 3.28. The van der Waals surface area contributed by atoms with E-state index in [2.05, 4.69) is 15.3 Å². The molecule has 1 N–H and O–H groups in total. The van der Waals surface area contributed by atoms with E-state index in [9.17, 15) is 9.59 Å². The fourth-order valence-corrected chi connectivity index (χ4v) is 2.45. The molecule has 0 saturated carbocycles. The van der Waals surface area contributed by atoms with Gasteiger partial charge in [-0.15, -0.1) is 0 Å². The largest absolute Gasteiger partial charge is 0.349 e. The Balaban J connectivity index is 1.85. The molecule has 2 rings (SSSR count). The molecule has 0 spiro atoms. The van der Waals surface area contributed by atoms with E-state index in [1.165, 1.54) is 12.4 Å². The van der Waals surface area contributed by atoms with Crippen molar-refractivity contribution in [1.82, 2.24) is 20.2 Å². The minimum absolute atomic E-state index is 0.0536. The minimum atomic E-state index is -0.151. The molecule has 0 aliphatic carbocycles. The maximum atomic E-state index is 12.2. The highest BCUT2D eigenvalue weighted by Crippen LogP contribution is 2.18. The summed E-state index contributed by atoms with van der Waals surface area (Å²) in [5.41, 5.74) is 0. The lowest BCUT2D eigenvalue weighted by molar-refractivity contribution is -0.138. The number of rotatable bonds is 5. The van der Waals surface area contributed by atoms with E-state index in [4.69, 9.17) is 11.6 Å². The van der Waals surface area contributed by atoms with Crippen LogP contribution in [0.5, 0.6) is 0 Å². The van der Waals surface area contributed by atoms with Crippen LogP contribution in [0.3, 0.4) is 0 Å². The molecule has 0 aromatic carbocycles. The van der Waals surface area contributed by atoms with E-state index < -0.39 is 0 Å². The number of carbonyl (C=O) groups excluding carboxylic acids is 2. The Kier molecular flexibility index (Phi) is 5.50. The second-order valence-corrected chi connectivity index (χ2v) is 5.55. The van der Waals surface area contributed by atoms with Crippen LogP contribution >= 0.6 is 11.6 Å². The Morgan fingerprint density at radius 3 is 2.86 bits per heavy atom. The number of aromatic nitrogens is 2. The first-order valence-corrected chi connectivity index (χ1v) is 7.50. The van der Waals surface area contributed by atoms with Crippen LogP contribution in [0.1, 0.15) is 32.0 Å². The van der Waals surface area contributed by atoms with Gasteiger partial charge in [0.2, 0.25) is 11.8 Å². The van der Waals surface area contributed by atoms with E-state index in [0.717, 1.165) is 6.42 Å². The zero-order valence-corrected chi connectivity index (χ0v) is 12.8. The first-order valence-electron chi connectivity index (χ1n) is 7.12. The molecule has 114 valence electrons. The number of hydrogen-bond donors (Lipinski definition) is 1. The second-order valence-electron chi connectivity index (χ2n) is 5.11. The number of likely N-dealkylation sites (tertiary alicyclic amines) is 1. The van der Waals surface area contributed by atoms with Gasteiger partial charge in [0.15, 0.2) is 0 Å². The smallest absolute Gasteiger partial charge is 0.225 e. The monoisotopic (exact) mass is 310 g/mol. The molecule has 2 amide bonds. The van der Waals surface area contributed by atoms with Crippen molar-refractivity contribution in [2.45, 2.75) is 32.7 Å². The van der Waals surface area contributed by atoms with Gasteiger partial charge in [-0.2, -0.15) is 0 Å². The topological polar surface area (TPSA) is 75.2 Å². The third-order valence-electron chi connectivity index (χ3n) is 3.46. The highest BCUT2D eigenvalue weighted by Gasteiger charge is 2.29. The molecule has 1 aromatic heterocycles. The van der Waals surface area contributed by atoms with Gasteiger partial charge in [-0.3, -0.25) is 9.59 Å². The van der Waals surface area contributed by atoms with Crippen molar-refractivity contribution >= 4 is 23.4 Å². The van der Waals surface area contributed by atoms with Gasteiger partial charge in [0, 0.05) is 31.9 Å². The molecule has 7 heteroatoms. The molecule has 2 heterocycles. The Labute approximate surface area is 128 Å². The van der Waals surface area contributed by atoms with Crippen molar-refractivity contribution in [2.24, 2.45) is 5.92 Å². The quantitative estimate of drug-likeness (QED) is 0.892. The number of nitrogens with zero attached hydrogens (tertiary/aromatic N) is 3. The summed E-state index contributed by atoms with van der Waals surface area (Å²) in [7, 11) is 0. The lowest BCUT2D eigenvalue weighted by Gasteiger charge is -2.31. The van der Waals surface area contributed by atoms with Crippen LogP contribution in [0.2, 0.25) is 5.02 Å². The van der Waals surface area contributed by atoms with Crippen molar-refractivity contribution < 1.29 is 9.59 Å². The predicted octanol–water partition coefficient (Wildman–Crippen LogP) is 1.39. The summed E-state index contributed by atoms with van der Waals surface area (Å²) in [6, 6.07) is 0. The number of nitrogens with one attached hydrogen (secondary N) is 1. The summed E-state index contributed by atoms with van der Waals surface area (Å²) in [6.07, 6.45) is 4.94. The standard InChI is InChI=1S/C14H19ClN4O2/c1-2-5-19-9-10(3-4-13(19)20)14(21)18-8-12-16-6-11(15)7-17-12/h6-7,10H,2-5,8-9H2,1H3,(H,18,21)/t10-/m0/s1. The van der Waals surface area contributed by atoms with Crippen LogP contribution in [0, 0.1) is 5.92 Å². The number of piperidine rings is 1. The van der Waals surface area contributed by atoms with Gasteiger partial charge < -0.3 is 10.2 Å². The molecule has 1 saturated heterocycles. The molecule has 1 aliphatic rings. The third-order valence-corrected chi connectivity index (χ3v) is 3.65. The Bertz CT molecular complexity index is 506. The van der Waals surface area contributed by atoms with Crippen molar-refractivity contribution in [1.29, 1.82) is 0 Å². The number of hydrogen-bond acceptors (Lipinski definition) is 4. The molecule has 0 unspecified atom stereocenters. The lowest BCUT2D eigenvalue weighted by Crippen LogP contribution is -2.45. The highest BCUT2D eigenvalue weighted by molar-refractivity contribution is 6.30. The highest BCUT2D eigenvalue weighted by atomic mass is 35.5. The molecule has 1 atom stereocenters. The van der Waals surface area contributed by atoms with Gasteiger partial charge in [0.25, 0.3) is 0 Å². The average molecular weight is 311 g/mol. The zero-order valence-electron chi connectivity index (χ0n) is 12.0. The maximum absolute atomic E-state index is 12.2. The van der Waals surface area contributed by atoms with Crippen molar-refractivity contribution in [3.8, 4) is 0 Å². The minimum Gasteiger partial charge on any atom is -0.349 e. The normalized spacial score (nSPS) is 18.7. The predicted molar refractivity (Wildman–Crippen MR) is 78.5 cm³/mol. The van der Waals surface area contributed by atoms with E-state index in [1.807, 2.05) is 6.92 Å². The van der Waals surface area contributed by atoms with E-state index in [1.54, 1.807) is 4.90 Å². The van der Waals surface area contributed by atoms with Crippen LogP contribution < -0.4 is 5.32 Å². The van der Waals surface area contributed by atoms with Gasteiger partial charge in [-0.1, -0.05) is 18.5 Å². The zero-order chi connectivity index (χ0) is 15.2. The third kappa shape index (κ3) is 4.39. The molecule has 6 nitrogen and oxygen atoms in total. The van der Waals surface area contributed by atoms with Gasteiger partial charge in [-0.25, -0.2) is 9.97 Å². The van der Waals surface area contributed by atoms with Gasteiger partial charge in [-0.05, 0) is 12.8 Å². The second kappa shape index (κ2) is 7.36. The summed E-state index contributed by atoms with van der Waals surface area (Å²) < 4.78 is 0. The van der Waals surface area contributed by atoms with Crippen molar-refractivity contribution in [2.75, 3.05) is 13.1 Å². The SMILES string of the molecule is CCCN1C[C@@H](C(=O)NCc2ncc(Cl)cn2)CCC1=O. The lowest BCUT2D eigenvalue weighted by atomic mass is 9.96. The molecule has 21 heavy (non-hydrogen) atoms. The fraction of sp³-hybridized carbons (Fsp3) is 0.571. The van der Waals surface area contributed by atoms with Crippen LogP contribution in [-0.2, 0) is 16.1 Å². The molecule has 1 fully saturated rings. The van der Waals surface area contributed by atoms with E-state index in [-0.39, 0.29) is 24.3 Å². The van der Waals surface area contributed by atoms with Crippen molar-refractivity contribution in [3.63, 3.8) is 0 Å². The van der Waals surface area contributed by atoms with Crippen LogP contribution in [-0.4, -0.2) is 39.8 Å². The van der Waals surface area contributed by atoms with E-state index >= 15 is 0 Å². The van der Waals surface area contributed by atoms with Gasteiger partial charge in [0.1, 0.15) is 5.82 Å². The summed E-state index contributed by atoms with van der Waals surface area (Å²) in [6.45, 7) is 3.51. The summed E-state index contributed by atoms with van der Waals surface area (Å²) in [4.78, 5) is 33.7. The Morgan fingerprint density at radius 1 is 1.48 bits per heavy atom.